The summed E-state index contributed by atoms with van der Waals surface area (Å²) in [6.07, 6.45) is -3.99. The maximum Gasteiger partial charge on any atom is 0.416 e. The van der Waals surface area contributed by atoms with E-state index < -0.39 is 11.7 Å². The molecule has 5 nitrogen and oxygen atoms in total. The normalized spacial score (nSPS) is 15.6. The molecular weight excluding hydrogens is 357 g/mol. The van der Waals surface area contributed by atoms with E-state index in [2.05, 4.69) is 10.2 Å². The molecular formula is C19H21F3N4O. The molecule has 1 saturated heterocycles. The number of hydrogen-bond acceptors (Lipinski definition) is 4. The van der Waals surface area contributed by atoms with E-state index in [1.807, 2.05) is 24.0 Å². The highest BCUT2D eigenvalue weighted by Gasteiger charge is 2.33. The number of halogens is 3. The molecule has 0 unspecified atom stereocenters. The maximum atomic E-state index is 13.1. The highest BCUT2D eigenvalue weighted by atomic mass is 19.4. The Morgan fingerprint density at radius 1 is 1.04 bits per heavy atom. The van der Waals surface area contributed by atoms with Crippen LogP contribution in [0.15, 0.2) is 36.4 Å². The van der Waals surface area contributed by atoms with E-state index in [9.17, 15) is 18.0 Å². The number of alkyl halides is 3. The summed E-state index contributed by atoms with van der Waals surface area (Å²) >= 11 is 0. The van der Waals surface area contributed by atoms with Crippen molar-refractivity contribution in [3.63, 3.8) is 0 Å². The first-order chi connectivity index (χ1) is 12.8. The zero-order valence-corrected chi connectivity index (χ0v) is 15.0. The van der Waals surface area contributed by atoms with Gasteiger partial charge in [-0.25, -0.2) is 0 Å². The Bertz CT molecular complexity index is 792. The van der Waals surface area contributed by atoms with Crippen molar-refractivity contribution in [2.24, 2.45) is 0 Å². The van der Waals surface area contributed by atoms with E-state index in [1.165, 1.54) is 18.2 Å². The third-order valence-corrected chi connectivity index (χ3v) is 4.62. The molecule has 0 bridgehead atoms. The van der Waals surface area contributed by atoms with Crippen LogP contribution < -0.4 is 4.90 Å². The quantitative estimate of drug-likeness (QED) is 0.824. The summed E-state index contributed by atoms with van der Waals surface area (Å²) in [5, 5.41) is 8.22. The van der Waals surface area contributed by atoms with Crippen molar-refractivity contribution in [2.45, 2.75) is 25.9 Å². The lowest BCUT2D eigenvalue weighted by Gasteiger charge is -2.23. The van der Waals surface area contributed by atoms with E-state index in [4.69, 9.17) is 0 Å². The molecule has 1 aliphatic heterocycles. The van der Waals surface area contributed by atoms with Gasteiger partial charge in [0.1, 0.15) is 0 Å². The molecule has 0 aliphatic carbocycles. The molecule has 1 aromatic carbocycles. The van der Waals surface area contributed by atoms with E-state index in [1.54, 1.807) is 4.90 Å². The van der Waals surface area contributed by atoms with Crippen molar-refractivity contribution in [2.75, 3.05) is 31.1 Å². The number of aromatic nitrogens is 2. The molecule has 27 heavy (non-hydrogen) atoms. The van der Waals surface area contributed by atoms with Crippen LogP contribution >= 0.6 is 0 Å². The van der Waals surface area contributed by atoms with Crippen molar-refractivity contribution in [1.29, 1.82) is 0 Å². The van der Waals surface area contributed by atoms with Crippen LogP contribution in [0.3, 0.4) is 0 Å². The third-order valence-electron chi connectivity index (χ3n) is 4.62. The van der Waals surface area contributed by atoms with Crippen LogP contribution in [0, 0.1) is 6.92 Å². The second-order valence-electron chi connectivity index (χ2n) is 6.59. The summed E-state index contributed by atoms with van der Waals surface area (Å²) in [7, 11) is 0. The number of carbonyl (C=O) groups excluding carboxylic acids is 1. The molecule has 0 saturated carbocycles. The average molecular weight is 378 g/mol. The predicted molar refractivity (Wildman–Crippen MR) is 95.3 cm³/mol. The molecule has 8 heteroatoms. The fourth-order valence-corrected chi connectivity index (χ4v) is 3.18. The molecule has 0 N–H and O–H groups in total. The standard InChI is InChI=1S/C19H21F3N4O/c1-14-7-8-17(24-23-14)25-9-4-10-26(12-11-25)18(27)13-15-5-2-3-6-16(15)19(20,21)22/h2-3,5-8H,4,9-13H2,1H3. The first kappa shape index (κ1) is 19.1. The lowest BCUT2D eigenvalue weighted by molar-refractivity contribution is -0.138. The molecule has 2 aromatic rings. The van der Waals surface area contributed by atoms with Crippen molar-refractivity contribution < 1.29 is 18.0 Å². The second-order valence-corrected chi connectivity index (χ2v) is 6.59. The van der Waals surface area contributed by atoms with E-state index in [0.717, 1.165) is 30.5 Å². The molecule has 1 fully saturated rings. The van der Waals surface area contributed by atoms with E-state index in [-0.39, 0.29) is 17.9 Å². The number of nitrogens with zero attached hydrogens (tertiary/aromatic N) is 4. The van der Waals surface area contributed by atoms with Crippen LogP contribution in [0.4, 0.5) is 19.0 Å². The minimum atomic E-state index is -4.46. The lowest BCUT2D eigenvalue weighted by Crippen LogP contribution is -2.36. The summed E-state index contributed by atoms with van der Waals surface area (Å²) in [6, 6.07) is 9.01. The van der Waals surface area contributed by atoms with Crippen LogP contribution in [-0.2, 0) is 17.4 Å². The van der Waals surface area contributed by atoms with Gasteiger partial charge < -0.3 is 9.80 Å². The maximum absolute atomic E-state index is 13.1. The molecule has 2 heterocycles. The van der Waals surface area contributed by atoms with Gasteiger partial charge in [-0.2, -0.15) is 18.3 Å². The highest BCUT2D eigenvalue weighted by Crippen LogP contribution is 2.32. The SMILES string of the molecule is Cc1ccc(N2CCCN(C(=O)Cc3ccccc3C(F)(F)F)CC2)nn1. The second kappa shape index (κ2) is 7.94. The Balaban J connectivity index is 1.66. The van der Waals surface area contributed by atoms with Gasteiger partial charge in [0.2, 0.25) is 5.91 Å². The molecule has 0 atom stereocenters. The van der Waals surface area contributed by atoms with Gasteiger partial charge >= 0.3 is 6.18 Å². The largest absolute Gasteiger partial charge is 0.416 e. The summed E-state index contributed by atoms with van der Waals surface area (Å²) < 4.78 is 39.4. The zero-order valence-electron chi connectivity index (χ0n) is 15.0. The Morgan fingerprint density at radius 2 is 1.81 bits per heavy atom. The number of hydrogen-bond donors (Lipinski definition) is 0. The summed E-state index contributed by atoms with van der Waals surface area (Å²) in [5.74, 6) is 0.459. The average Bonchev–Trinajstić information content (AvgIpc) is 2.88. The summed E-state index contributed by atoms with van der Waals surface area (Å²) in [6.45, 7) is 4.12. The molecule has 1 aliphatic rings. The van der Waals surface area contributed by atoms with Crippen molar-refractivity contribution in [1.82, 2.24) is 15.1 Å². The molecule has 1 amide bonds. The smallest absolute Gasteiger partial charge is 0.353 e. The minimum absolute atomic E-state index is 0.0144. The van der Waals surface area contributed by atoms with E-state index >= 15 is 0 Å². The number of rotatable bonds is 3. The number of benzene rings is 1. The fourth-order valence-electron chi connectivity index (χ4n) is 3.18. The fraction of sp³-hybridized carbons (Fsp3) is 0.421. The van der Waals surface area contributed by atoms with Crippen LogP contribution in [0.1, 0.15) is 23.2 Å². The van der Waals surface area contributed by atoms with Crippen LogP contribution in [-0.4, -0.2) is 47.2 Å². The van der Waals surface area contributed by atoms with Crippen LogP contribution in [0.2, 0.25) is 0 Å². The first-order valence-corrected chi connectivity index (χ1v) is 8.83. The van der Waals surface area contributed by atoms with Gasteiger partial charge in [-0.3, -0.25) is 4.79 Å². The first-order valence-electron chi connectivity index (χ1n) is 8.83. The third kappa shape index (κ3) is 4.75. The van der Waals surface area contributed by atoms with E-state index in [0.29, 0.717) is 19.6 Å². The van der Waals surface area contributed by atoms with Crippen molar-refractivity contribution in [3.8, 4) is 0 Å². The van der Waals surface area contributed by atoms with Crippen molar-refractivity contribution in [3.05, 3.63) is 53.2 Å². The number of carbonyl (C=O) groups is 1. The van der Waals surface area contributed by atoms with Gasteiger partial charge in [-0.1, -0.05) is 18.2 Å². The van der Waals surface area contributed by atoms with Crippen LogP contribution in [0.5, 0.6) is 0 Å². The van der Waals surface area contributed by atoms with Gasteiger partial charge in [0.05, 0.1) is 17.7 Å². The number of aryl methyl sites for hydroxylation is 1. The number of anilines is 1. The predicted octanol–water partition coefficient (Wildman–Crippen LogP) is 3.09. The van der Waals surface area contributed by atoms with Gasteiger partial charge in [0.25, 0.3) is 0 Å². The van der Waals surface area contributed by atoms with Gasteiger partial charge in [0, 0.05) is 26.2 Å². The molecule has 1 aromatic heterocycles. The minimum Gasteiger partial charge on any atom is -0.353 e. The monoisotopic (exact) mass is 378 g/mol. The molecule has 0 spiro atoms. The zero-order chi connectivity index (χ0) is 19.4. The summed E-state index contributed by atoms with van der Waals surface area (Å²) in [4.78, 5) is 16.3. The Labute approximate surface area is 155 Å². The Hall–Kier alpha value is -2.64. The van der Waals surface area contributed by atoms with Gasteiger partial charge in [-0.15, -0.1) is 5.10 Å². The van der Waals surface area contributed by atoms with Gasteiger partial charge in [0.15, 0.2) is 5.82 Å². The topological polar surface area (TPSA) is 49.3 Å². The lowest BCUT2D eigenvalue weighted by atomic mass is 10.0. The Morgan fingerprint density at radius 3 is 2.52 bits per heavy atom. The van der Waals surface area contributed by atoms with Crippen molar-refractivity contribution >= 4 is 11.7 Å². The molecule has 3 rings (SSSR count). The molecule has 0 radical (unpaired) electrons. The van der Waals surface area contributed by atoms with Crippen LogP contribution in [0.25, 0.3) is 0 Å². The van der Waals surface area contributed by atoms with Gasteiger partial charge in [-0.05, 0) is 37.1 Å². The molecule has 144 valence electrons. The highest BCUT2D eigenvalue weighted by molar-refractivity contribution is 5.79. The Kier molecular flexibility index (Phi) is 5.62. The summed E-state index contributed by atoms with van der Waals surface area (Å²) in [5.41, 5.74) is 0.0962. The number of amides is 1.